The van der Waals surface area contributed by atoms with E-state index in [1.165, 1.54) is 19.3 Å². The smallest absolute Gasteiger partial charge is 0.146 e. The second-order valence-corrected chi connectivity index (χ2v) is 5.46. The van der Waals surface area contributed by atoms with Gasteiger partial charge in [-0.25, -0.2) is 0 Å². The molecule has 1 unspecified atom stereocenters. The van der Waals surface area contributed by atoms with E-state index in [4.69, 9.17) is 16.1 Å². The van der Waals surface area contributed by atoms with Crippen LogP contribution in [-0.4, -0.2) is 17.7 Å². The largest absolute Gasteiger partial charge is 0.361 e. The van der Waals surface area contributed by atoms with Gasteiger partial charge in [0.2, 0.25) is 0 Å². The standard InChI is InChI=1S/C15H17ClN2O/c16-12-5-3-4-11(8-12)14-10-18-19-15(14)9-13-6-1-2-7-17-13/h3-5,8,10,13,17H,1-2,6-7,9H2. The highest BCUT2D eigenvalue weighted by atomic mass is 35.5. The molecule has 1 aromatic carbocycles. The monoisotopic (exact) mass is 276 g/mol. The van der Waals surface area contributed by atoms with Crippen molar-refractivity contribution in [1.29, 1.82) is 0 Å². The quantitative estimate of drug-likeness (QED) is 0.929. The van der Waals surface area contributed by atoms with Crippen LogP contribution >= 0.6 is 11.6 Å². The van der Waals surface area contributed by atoms with Crippen molar-refractivity contribution in [2.75, 3.05) is 6.54 Å². The summed E-state index contributed by atoms with van der Waals surface area (Å²) in [4.78, 5) is 0. The highest BCUT2D eigenvalue weighted by Crippen LogP contribution is 2.27. The molecular formula is C15H17ClN2O. The molecule has 0 amide bonds. The lowest BCUT2D eigenvalue weighted by Crippen LogP contribution is -2.35. The molecule has 0 bridgehead atoms. The number of rotatable bonds is 3. The van der Waals surface area contributed by atoms with Gasteiger partial charge in [0.1, 0.15) is 5.76 Å². The highest BCUT2D eigenvalue weighted by molar-refractivity contribution is 6.30. The van der Waals surface area contributed by atoms with E-state index in [1.54, 1.807) is 6.20 Å². The van der Waals surface area contributed by atoms with Crippen molar-refractivity contribution in [3.63, 3.8) is 0 Å². The van der Waals surface area contributed by atoms with Gasteiger partial charge in [0.05, 0.1) is 6.20 Å². The Morgan fingerprint density at radius 2 is 2.32 bits per heavy atom. The Balaban J connectivity index is 1.81. The zero-order valence-corrected chi connectivity index (χ0v) is 11.5. The van der Waals surface area contributed by atoms with Gasteiger partial charge in [0.15, 0.2) is 0 Å². The fraction of sp³-hybridized carbons (Fsp3) is 0.400. The number of nitrogens with zero attached hydrogens (tertiary/aromatic N) is 1. The average molecular weight is 277 g/mol. The lowest BCUT2D eigenvalue weighted by Gasteiger charge is -2.22. The van der Waals surface area contributed by atoms with E-state index in [9.17, 15) is 0 Å². The number of benzene rings is 1. The molecule has 2 heterocycles. The van der Waals surface area contributed by atoms with Crippen molar-refractivity contribution >= 4 is 11.6 Å². The van der Waals surface area contributed by atoms with Crippen LogP contribution in [0.15, 0.2) is 35.0 Å². The fourth-order valence-electron chi connectivity index (χ4n) is 2.62. The number of hydrogen-bond acceptors (Lipinski definition) is 3. The Morgan fingerprint density at radius 3 is 3.11 bits per heavy atom. The molecule has 1 fully saturated rings. The van der Waals surface area contributed by atoms with E-state index in [1.807, 2.05) is 24.3 Å². The van der Waals surface area contributed by atoms with Gasteiger partial charge in [0, 0.05) is 23.0 Å². The maximum atomic E-state index is 6.04. The van der Waals surface area contributed by atoms with Gasteiger partial charge >= 0.3 is 0 Å². The summed E-state index contributed by atoms with van der Waals surface area (Å²) in [6, 6.07) is 8.32. The van der Waals surface area contributed by atoms with E-state index >= 15 is 0 Å². The maximum absolute atomic E-state index is 6.04. The lowest BCUT2D eigenvalue weighted by atomic mass is 9.97. The molecule has 1 aromatic heterocycles. The molecule has 1 N–H and O–H groups in total. The molecule has 1 aliphatic heterocycles. The molecule has 3 rings (SSSR count). The van der Waals surface area contributed by atoms with Gasteiger partial charge in [-0.2, -0.15) is 0 Å². The zero-order valence-electron chi connectivity index (χ0n) is 10.7. The Labute approximate surface area is 117 Å². The first-order valence-electron chi connectivity index (χ1n) is 6.76. The lowest BCUT2D eigenvalue weighted by molar-refractivity contribution is 0.337. The van der Waals surface area contributed by atoms with E-state index in [2.05, 4.69) is 10.5 Å². The van der Waals surface area contributed by atoms with Crippen LogP contribution in [0.4, 0.5) is 0 Å². The minimum Gasteiger partial charge on any atom is -0.361 e. The Bertz CT molecular complexity index is 547. The predicted molar refractivity (Wildman–Crippen MR) is 76.3 cm³/mol. The molecular weight excluding hydrogens is 260 g/mol. The third-order valence-electron chi connectivity index (χ3n) is 3.62. The van der Waals surface area contributed by atoms with Crippen molar-refractivity contribution < 1.29 is 4.52 Å². The molecule has 0 spiro atoms. The molecule has 19 heavy (non-hydrogen) atoms. The summed E-state index contributed by atoms with van der Waals surface area (Å²) in [5.74, 6) is 0.946. The van der Waals surface area contributed by atoms with E-state index < -0.39 is 0 Å². The molecule has 0 radical (unpaired) electrons. The molecule has 1 atom stereocenters. The molecule has 0 aliphatic carbocycles. The molecule has 2 aromatic rings. The van der Waals surface area contributed by atoms with Crippen LogP contribution in [0.5, 0.6) is 0 Å². The second kappa shape index (κ2) is 5.76. The molecule has 3 nitrogen and oxygen atoms in total. The van der Waals surface area contributed by atoms with Gasteiger partial charge in [-0.3, -0.25) is 0 Å². The van der Waals surface area contributed by atoms with Gasteiger partial charge in [0.25, 0.3) is 0 Å². The van der Waals surface area contributed by atoms with Crippen LogP contribution in [0.2, 0.25) is 5.02 Å². The first kappa shape index (κ1) is 12.7. The fourth-order valence-corrected chi connectivity index (χ4v) is 2.81. The van der Waals surface area contributed by atoms with Crippen LogP contribution in [0.1, 0.15) is 25.0 Å². The summed E-state index contributed by atoms with van der Waals surface area (Å²) >= 11 is 6.04. The first-order valence-corrected chi connectivity index (χ1v) is 7.13. The zero-order chi connectivity index (χ0) is 13.1. The van der Waals surface area contributed by atoms with E-state index in [0.29, 0.717) is 6.04 Å². The van der Waals surface area contributed by atoms with Crippen molar-refractivity contribution in [3.05, 3.63) is 41.2 Å². The summed E-state index contributed by atoms with van der Waals surface area (Å²) in [6.45, 7) is 1.10. The average Bonchev–Trinajstić information content (AvgIpc) is 2.88. The van der Waals surface area contributed by atoms with Crippen molar-refractivity contribution in [2.45, 2.75) is 31.7 Å². The van der Waals surface area contributed by atoms with Crippen molar-refractivity contribution in [2.24, 2.45) is 0 Å². The minimum absolute atomic E-state index is 0.500. The topological polar surface area (TPSA) is 38.1 Å². The van der Waals surface area contributed by atoms with Gasteiger partial charge in [-0.1, -0.05) is 35.3 Å². The predicted octanol–water partition coefficient (Wildman–Crippen LogP) is 3.68. The molecule has 100 valence electrons. The van der Waals surface area contributed by atoms with E-state index in [0.717, 1.165) is 34.9 Å². The van der Waals surface area contributed by atoms with Crippen molar-refractivity contribution in [3.8, 4) is 11.1 Å². The van der Waals surface area contributed by atoms with E-state index in [-0.39, 0.29) is 0 Å². The summed E-state index contributed by atoms with van der Waals surface area (Å²) in [6.07, 6.45) is 6.44. The van der Waals surface area contributed by atoms with Crippen LogP contribution in [0, 0.1) is 0 Å². The van der Waals surface area contributed by atoms with Crippen LogP contribution in [0.3, 0.4) is 0 Å². The van der Waals surface area contributed by atoms with Crippen molar-refractivity contribution in [1.82, 2.24) is 10.5 Å². The number of nitrogens with one attached hydrogen (secondary N) is 1. The molecule has 1 saturated heterocycles. The van der Waals surface area contributed by atoms with Gasteiger partial charge < -0.3 is 9.84 Å². The number of halogens is 1. The molecule has 0 saturated carbocycles. The maximum Gasteiger partial charge on any atom is 0.146 e. The summed E-state index contributed by atoms with van der Waals surface area (Å²) < 4.78 is 5.43. The van der Waals surface area contributed by atoms with Crippen LogP contribution in [0.25, 0.3) is 11.1 Å². The normalized spacial score (nSPS) is 19.5. The third kappa shape index (κ3) is 2.99. The second-order valence-electron chi connectivity index (χ2n) is 5.02. The third-order valence-corrected chi connectivity index (χ3v) is 3.86. The first-order chi connectivity index (χ1) is 9.33. The molecule has 1 aliphatic rings. The van der Waals surface area contributed by atoms with Gasteiger partial charge in [-0.15, -0.1) is 0 Å². The van der Waals surface area contributed by atoms with Crippen LogP contribution < -0.4 is 5.32 Å². The van der Waals surface area contributed by atoms with Crippen LogP contribution in [-0.2, 0) is 6.42 Å². The Kier molecular flexibility index (Phi) is 3.85. The number of piperidine rings is 1. The summed E-state index contributed by atoms with van der Waals surface area (Å²) in [5, 5.41) is 8.22. The molecule has 4 heteroatoms. The SMILES string of the molecule is Clc1cccc(-c2cnoc2CC2CCCCN2)c1. The number of hydrogen-bond donors (Lipinski definition) is 1. The Hall–Kier alpha value is -1.32. The van der Waals surface area contributed by atoms with Gasteiger partial charge in [-0.05, 0) is 37.1 Å². The summed E-state index contributed by atoms with van der Waals surface area (Å²) in [5.41, 5.74) is 2.12. The highest BCUT2D eigenvalue weighted by Gasteiger charge is 2.18. The Morgan fingerprint density at radius 1 is 1.37 bits per heavy atom. The summed E-state index contributed by atoms with van der Waals surface area (Å²) in [7, 11) is 0. The minimum atomic E-state index is 0.500. The number of aromatic nitrogens is 1.